The van der Waals surface area contributed by atoms with E-state index in [2.05, 4.69) is 26.7 Å². The molecule has 1 aromatic heterocycles. The van der Waals surface area contributed by atoms with Crippen LogP contribution in [0.2, 0.25) is 0 Å². The zero-order valence-electron chi connectivity index (χ0n) is 9.76. The van der Waals surface area contributed by atoms with Crippen LogP contribution in [0.15, 0.2) is 18.5 Å². The normalized spacial score (nSPS) is 15.1. The molecule has 0 bridgehead atoms. The first-order valence-corrected chi connectivity index (χ1v) is 5.55. The lowest BCUT2D eigenvalue weighted by atomic mass is 10.3. The van der Waals surface area contributed by atoms with Gasteiger partial charge in [-0.3, -0.25) is 4.79 Å². The van der Waals surface area contributed by atoms with Gasteiger partial charge in [-0.15, -0.1) is 0 Å². The van der Waals surface area contributed by atoms with Crippen LogP contribution in [0.25, 0.3) is 0 Å². The molecule has 5 nitrogen and oxygen atoms in total. The first kappa shape index (κ1) is 11.4. The summed E-state index contributed by atoms with van der Waals surface area (Å²) in [6, 6.07) is 1.79. The number of rotatable bonds is 1. The van der Waals surface area contributed by atoms with Crippen molar-refractivity contribution in [1.82, 2.24) is 14.9 Å². The minimum atomic E-state index is -0.0962. The molecule has 0 unspecified atom stereocenters. The van der Waals surface area contributed by atoms with Crippen LogP contribution in [0.5, 0.6) is 0 Å². The van der Waals surface area contributed by atoms with Crippen molar-refractivity contribution in [1.29, 1.82) is 0 Å². The van der Waals surface area contributed by atoms with Crippen LogP contribution in [0, 0.1) is 11.8 Å². The van der Waals surface area contributed by atoms with Gasteiger partial charge in [0, 0.05) is 38.6 Å². The second-order valence-corrected chi connectivity index (χ2v) is 3.70. The number of anilines is 1. The van der Waals surface area contributed by atoms with E-state index in [1.807, 2.05) is 0 Å². The van der Waals surface area contributed by atoms with E-state index in [1.165, 1.54) is 0 Å². The Morgan fingerprint density at radius 2 is 1.88 bits per heavy atom. The Kier molecular flexibility index (Phi) is 3.55. The molecule has 0 radical (unpaired) electrons. The maximum absolute atomic E-state index is 11.5. The molecule has 2 heterocycles. The molecular weight excluding hydrogens is 216 g/mol. The van der Waals surface area contributed by atoms with Crippen molar-refractivity contribution in [2.75, 3.05) is 31.1 Å². The molecular formula is C12H14N4O. The highest BCUT2D eigenvalue weighted by Gasteiger charge is 2.21. The van der Waals surface area contributed by atoms with Crippen LogP contribution in [0.1, 0.15) is 6.92 Å². The molecule has 17 heavy (non-hydrogen) atoms. The summed E-state index contributed by atoms with van der Waals surface area (Å²) < 4.78 is 0. The molecule has 0 aromatic carbocycles. The van der Waals surface area contributed by atoms with Gasteiger partial charge in [0.2, 0.25) is 5.95 Å². The summed E-state index contributed by atoms with van der Waals surface area (Å²) in [7, 11) is 0. The molecule has 1 aliphatic heterocycles. The first-order valence-electron chi connectivity index (χ1n) is 5.55. The fraction of sp³-hybridized carbons (Fsp3) is 0.417. The van der Waals surface area contributed by atoms with Gasteiger partial charge in [0.15, 0.2) is 0 Å². The van der Waals surface area contributed by atoms with Crippen LogP contribution in [0.4, 0.5) is 5.95 Å². The number of amides is 1. The van der Waals surface area contributed by atoms with E-state index in [0.717, 1.165) is 19.0 Å². The molecule has 0 saturated carbocycles. The molecule has 0 N–H and O–H groups in total. The first-order chi connectivity index (χ1) is 8.31. The van der Waals surface area contributed by atoms with E-state index < -0.39 is 0 Å². The van der Waals surface area contributed by atoms with Gasteiger partial charge >= 0.3 is 0 Å². The highest BCUT2D eigenvalue weighted by molar-refractivity contribution is 5.93. The number of carbonyl (C=O) groups is 1. The number of piperazine rings is 1. The molecule has 0 aliphatic carbocycles. The summed E-state index contributed by atoms with van der Waals surface area (Å²) in [5, 5.41) is 0. The van der Waals surface area contributed by atoms with Crippen molar-refractivity contribution in [3.05, 3.63) is 18.5 Å². The van der Waals surface area contributed by atoms with Crippen LogP contribution >= 0.6 is 0 Å². The molecule has 1 amide bonds. The standard InChI is InChI=1S/C12H14N4O/c1-2-4-11(17)15-7-9-16(10-8-15)12-13-5-3-6-14-12/h3,5-6H,7-10H2,1H3. The second-order valence-electron chi connectivity index (χ2n) is 3.70. The quantitative estimate of drug-likeness (QED) is 0.644. The number of carbonyl (C=O) groups excluding carboxylic acids is 1. The summed E-state index contributed by atoms with van der Waals surface area (Å²) in [6.45, 7) is 4.52. The van der Waals surface area contributed by atoms with Crippen LogP contribution in [-0.4, -0.2) is 47.0 Å². The molecule has 5 heteroatoms. The third kappa shape index (κ3) is 2.72. The highest BCUT2D eigenvalue weighted by Crippen LogP contribution is 2.09. The van der Waals surface area contributed by atoms with E-state index in [-0.39, 0.29) is 5.91 Å². The lowest BCUT2D eigenvalue weighted by Crippen LogP contribution is -2.49. The van der Waals surface area contributed by atoms with Crippen molar-refractivity contribution < 1.29 is 4.79 Å². The van der Waals surface area contributed by atoms with E-state index in [9.17, 15) is 4.79 Å². The largest absolute Gasteiger partial charge is 0.337 e. The average Bonchev–Trinajstić information content (AvgIpc) is 2.40. The highest BCUT2D eigenvalue weighted by atomic mass is 16.2. The van der Waals surface area contributed by atoms with E-state index >= 15 is 0 Å². The van der Waals surface area contributed by atoms with E-state index in [4.69, 9.17) is 0 Å². The van der Waals surface area contributed by atoms with Gasteiger partial charge < -0.3 is 9.80 Å². The molecule has 0 spiro atoms. The lowest BCUT2D eigenvalue weighted by molar-refractivity contribution is -0.125. The molecule has 88 valence electrons. The SMILES string of the molecule is CC#CC(=O)N1CCN(c2ncccn2)CC1. The lowest BCUT2D eigenvalue weighted by Gasteiger charge is -2.33. The van der Waals surface area contributed by atoms with Crippen molar-refractivity contribution in [3.8, 4) is 11.8 Å². The Bertz CT molecular complexity index is 441. The predicted octanol–water partition coefficient (Wildman–Crippen LogP) is 0.148. The van der Waals surface area contributed by atoms with Gasteiger partial charge in [0.1, 0.15) is 0 Å². The Morgan fingerprint density at radius 1 is 1.24 bits per heavy atom. The molecule has 0 atom stereocenters. The van der Waals surface area contributed by atoms with Crippen molar-refractivity contribution in [3.63, 3.8) is 0 Å². The smallest absolute Gasteiger partial charge is 0.298 e. The minimum Gasteiger partial charge on any atom is -0.337 e. The molecule has 1 aromatic rings. The van der Waals surface area contributed by atoms with Gasteiger partial charge in [0.25, 0.3) is 5.91 Å². The zero-order valence-corrected chi connectivity index (χ0v) is 9.76. The average molecular weight is 230 g/mol. The van der Waals surface area contributed by atoms with Crippen LogP contribution < -0.4 is 4.90 Å². The monoisotopic (exact) mass is 230 g/mol. The van der Waals surface area contributed by atoms with Crippen LogP contribution in [-0.2, 0) is 4.79 Å². The minimum absolute atomic E-state index is 0.0962. The fourth-order valence-electron chi connectivity index (χ4n) is 1.75. The Balaban J connectivity index is 1.94. The maximum atomic E-state index is 11.5. The van der Waals surface area contributed by atoms with Crippen molar-refractivity contribution in [2.45, 2.75) is 6.92 Å². The Hall–Kier alpha value is -2.09. The number of hydrogen-bond acceptors (Lipinski definition) is 4. The van der Waals surface area contributed by atoms with Gasteiger partial charge in [0.05, 0.1) is 0 Å². The third-order valence-corrected chi connectivity index (χ3v) is 2.63. The van der Waals surface area contributed by atoms with E-state index in [1.54, 1.807) is 30.3 Å². The molecule has 2 rings (SSSR count). The number of aromatic nitrogens is 2. The summed E-state index contributed by atoms with van der Waals surface area (Å²) in [4.78, 5) is 23.8. The maximum Gasteiger partial charge on any atom is 0.298 e. The Labute approximate surface area is 100 Å². The summed E-state index contributed by atoms with van der Waals surface area (Å²) >= 11 is 0. The van der Waals surface area contributed by atoms with Gasteiger partial charge in [-0.1, -0.05) is 5.92 Å². The Morgan fingerprint density at radius 3 is 2.47 bits per heavy atom. The summed E-state index contributed by atoms with van der Waals surface area (Å²) in [5.41, 5.74) is 0. The van der Waals surface area contributed by atoms with Crippen LogP contribution in [0.3, 0.4) is 0 Å². The predicted molar refractivity (Wildman–Crippen MR) is 64.3 cm³/mol. The summed E-state index contributed by atoms with van der Waals surface area (Å²) in [5.74, 6) is 5.81. The van der Waals surface area contributed by atoms with Gasteiger partial charge in [-0.25, -0.2) is 9.97 Å². The van der Waals surface area contributed by atoms with E-state index in [0.29, 0.717) is 13.1 Å². The number of nitrogens with zero attached hydrogens (tertiary/aromatic N) is 4. The topological polar surface area (TPSA) is 49.3 Å². The molecule has 1 saturated heterocycles. The second kappa shape index (κ2) is 5.30. The zero-order chi connectivity index (χ0) is 12.1. The third-order valence-electron chi connectivity index (χ3n) is 2.63. The number of hydrogen-bond donors (Lipinski definition) is 0. The fourth-order valence-corrected chi connectivity index (χ4v) is 1.75. The van der Waals surface area contributed by atoms with Crippen molar-refractivity contribution >= 4 is 11.9 Å². The molecule has 1 aliphatic rings. The summed E-state index contributed by atoms with van der Waals surface area (Å²) in [6.07, 6.45) is 3.45. The molecule has 1 fully saturated rings. The van der Waals surface area contributed by atoms with Gasteiger partial charge in [-0.05, 0) is 18.9 Å². The van der Waals surface area contributed by atoms with Crippen molar-refractivity contribution in [2.24, 2.45) is 0 Å². The van der Waals surface area contributed by atoms with Gasteiger partial charge in [-0.2, -0.15) is 0 Å².